The molecular formula is C18H26N2O. The van der Waals surface area contributed by atoms with Crippen LogP contribution in [0.15, 0.2) is 24.3 Å². The zero-order valence-electron chi connectivity index (χ0n) is 12.8. The fraction of sp³-hybridized carbons (Fsp3) is 0.611. The van der Waals surface area contributed by atoms with Gasteiger partial charge in [-0.15, -0.1) is 0 Å². The van der Waals surface area contributed by atoms with Crippen LogP contribution in [0.3, 0.4) is 0 Å². The number of piperidine rings is 1. The zero-order chi connectivity index (χ0) is 14.7. The lowest BCUT2D eigenvalue weighted by Gasteiger charge is -2.30. The monoisotopic (exact) mass is 286 g/mol. The number of hydrogen-bond acceptors (Lipinski definition) is 3. The number of nitrogens with two attached hydrogens (primary N) is 1. The molecule has 0 amide bonds. The van der Waals surface area contributed by atoms with Gasteiger partial charge in [0.1, 0.15) is 5.78 Å². The highest BCUT2D eigenvalue weighted by molar-refractivity contribution is 5.81. The first-order valence-corrected chi connectivity index (χ1v) is 8.30. The number of aryl methyl sites for hydroxylation is 1. The minimum Gasteiger partial charge on any atom is -0.328 e. The third-order valence-electron chi connectivity index (χ3n) is 5.00. The van der Waals surface area contributed by atoms with Gasteiger partial charge in [0.15, 0.2) is 0 Å². The van der Waals surface area contributed by atoms with Crippen LogP contribution in [0, 0.1) is 0 Å². The van der Waals surface area contributed by atoms with Crippen LogP contribution in [0.1, 0.15) is 49.1 Å². The second kappa shape index (κ2) is 6.71. The summed E-state index contributed by atoms with van der Waals surface area (Å²) in [6.45, 7) is 2.58. The molecule has 1 unspecified atom stereocenters. The molecule has 21 heavy (non-hydrogen) atoms. The molecule has 3 nitrogen and oxygen atoms in total. The predicted octanol–water partition coefficient (Wildman–Crippen LogP) is 2.49. The highest BCUT2D eigenvalue weighted by atomic mass is 16.1. The van der Waals surface area contributed by atoms with Crippen molar-refractivity contribution in [3.05, 3.63) is 35.4 Å². The third-order valence-corrected chi connectivity index (χ3v) is 5.00. The second-order valence-electron chi connectivity index (χ2n) is 6.64. The highest BCUT2D eigenvalue weighted by Gasteiger charge is 2.24. The summed E-state index contributed by atoms with van der Waals surface area (Å²) < 4.78 is 0. The molecule has 1 saturated heterocycles. The lowest BCUT2D eigenvalue weighted by molar-refractivity contribution is -0.120. The maximum absolute atomic E-state index is 12.4. The van der Waals surface area contributed by atoms with Gasteiger partial charge in [-0.25, -0.2) is 0 Å². The number of benzene rings is 1. The van der Waals surface area contributed by atoms with Crippen molar-refractivity contribution < 1.29 is 4.79 Å². The van der Waals surface area contributed by atoms with E-state index in [0.29, 0.717) is 30.7 Å². The van der Waals surface area contributed by atoms with Gasteiger partial charge in [-0.1, -0.05) is 24.3 Å². The lowest BCUT2D eigenvalue weighted by atomic mass is 9.80. The number of Topliss-reactive ketones (excluding diaryl/α,β-unsaturated/α-hetero) is 1. The molecular weight excluding hydrogens is 260 g/mol. The van der Waals surface area contributed by atoms with Crippen LogP contribution in [0.2, 0.25) is 0 Å². The Balaban J connectivity index is 1.56. The van der Waals surface area contributed by atoms with Gasteiger partial charge in [0.25, 0.3) is 0 Å². The Morgan fingerprint density at radius 2 is 1.95 bits per heavy atom. The lowest BCUT2D eigenvalue weighted by Crippen LogP contribution is -2.42. The summed E-state index contributed by atoms with van der Waals surface area (Å²) in [5.41, 5.74) is 8.78. The summed E-state index contributed by atoms with van der Waals surface area (Å²) in [4.78, 5) is 14.7. The first-order valence-electron chi connectivity index (χ1n) is 8.30. The van der Waals surface area contributed by atoms with Crippen LogP contribution in [0.4, 0.5) is 0 Å². The average Bonchev–Trinajstić information content (AvgIpc) is 2.50. The second-order valence-corrected chi connectivity index (χ2v) is 6.64. The minimum atomic E-state index is 0.335. The SMILES string of the molecule is NC1CCN(CC(=O)CC2CCCc3ccccc32)CC1. The molecule has 1 heterocycles. The normalized spacial score (nSPS) is 23.8. The smallest absolute Gasteiger partial charge is 0.147 e. The van der Waals surface area contributed by atoms with Gasteiger partial charge in [0, 0.05) is 25.6 Å². The van der Waals surface area contributed by atoms with Crippen molar-refractivity contribution in [1.82, 2.24) is 4.90 Å². The minimum absolute atomic E-state index is 0.335. The number of hydrogen-bond donors (Lipinski definition) is 1. The van der Waals surface area contributed by atoms with Crippen LogP contribution >= 0.6 is 0 Å². The van der Waals surface area contributed by atoms with Crippen LogP contribution in [0.25, 0.3) is 0 Å². The standard InChI is InChI=1S/C18H26N2O/c19-16-8-10-20(11-9-16)13-17(21)12-15-6-3-5-14-4-1-2-7-18(14)15/h1-2,4,7,15-16H,3,5-6,8-13,19H2. The van der Waals surface area contributed by atoms with Gasteiger partial charge >= 0.3 is 0 Å². The Kier molecular flexibility index (Phi) is 4.71. The Morgan fingerprint density at radius 3 is 2.76 bits per heavy atom. The molecule has 1 aromatic carbocycles. The number of nitrogens with zero attached hydrogens (tertiary/aromatic N) is 1. The molecule has 2 N–H and O–H groups in total. The van der Waals surface area contributed by atoms with E-state index < -0.39 is 0 Å². The fourth-order valence-corrected chi connectivity index (χ4v) is 3.77. The maximum Gasteiger partial charge on any atom is 0.147 e. The van der Waals surface area contributed by atoms with E-state index in [1.54, 1.807) is 0 Å². The molecule has 0 radical (unpaired) electrons. The van der Waals surface area contributed by atoms with E-state index >= 15 is 0 Å². The number of rotatable bonds is 4. The number of carbonyl (C=O) groups excluding carboxylic acids is 1. The van der Waals surface area contributed by atoms with E-state index in [-0.39, 0.29) is 0 Å². The summed E-state index contributed by atoms with van der Waals surface area (Å²) in [6, 6.07) is 8.99. The van der Waals surface area contributed by atoms with Crippen molar-refractivity contribution in [3.8, 4) is 0 Å². The largest absolute Gasteiger partial charge is 0.328 e. The van der Waals surface area contributed by atoms with Crippen molar-refractivity contribution in [2.24, 2.45) is 5.73 Å². The van der Waals surface area contributed by atoms with Crippen LogP contribution < -0.4 is 5.73 Å². The molecule has 1 atom stereocenters. The molecule has 0 saturated carbocycles. The topological polar surface area (TPSA) is 46.3 Å². The van der Waals surface area contributed by atoms with E-state index in [1.807, 2.05) is 0 Å². The van der Waals surface area contributed by atoms with Crippen molar-refractivity contribution in [2.45, 2.75) is 50.5 Å². The molecule has 0 spiro atoms. The quantitative estimate of drug-likeness (QED) is 0.925. The van der Waals surface area contributed by atoms with Gasteiger partial charge in [-0.3, -0.25) is 9.69 Å². The first-order chi connectivity index (χ1) is 10.2. The number of fused-ring (bicyclic) bond motifs is 1. The van der Waals surface area contributed by atoms with Gasteiger partial charge in [-0.2, -0.15) is 0 Å². The molecule has 2 aliphatic rings. The van der Waals surface area contributed by atoms with E-state index in [1.165, 1.54) is 24.0 Å². The molecule has 114 valence electrons. The van der Waals surface area contributed by atoms with Crippen LogP contribution in [-0.4, -0.2) is 36.4 Å². The van der Waals surface area contributed by atoms with E-state index in [4.69, 9.17) is 5.73 Å². The summed E-state index contributed by atoms with van der Waals surface area (Å²) in [6.07, 6.45) is 6.31. The van der Waals surface area contributed by atoms with Crippen molar-refractivity contribution >= 4 is 5.78 Å². The Hall–Kier alpha value is -1.19. The molecule has 3 heteroatoms. The van der Waals surface area contributed by atoms with Gasteiger partial charge < -0.3 is 5.73 Å². The number of ketones is 1. The summed E-state index contributed by atoms with van der Waals surface area (Å²) >= 11 is 0. The molecule has 1 fully saturated rings. The third kappa shape index (κ3) is 3.72. The number of carbonyl (C=O) groups is 1. The molecule has 0 aromatic heterocycles. The Labute approximate surface area is 127 Å². The van der Waals surface area contributed by atoms with Crippen molar-refractivity contribution in [1.29, 1.82) is 0 Å². The Morgan fingerprint density at radius 1 is 1.19 bits per heavy atom. The first kappa shape index (κ1) is 14.7. The van der Waals surface area contributed by atoms with Crippen molar-refractivity contribution in [2.75, 3.05) is 19.6 Å². The summed E-state index contributed by atoms with van der Waals surface area (Å²) in [7, 11) is 0. The Bertz CT molecular complexity index is 492. The zero-order valence-corrected chi connectivity index (χ0v) is 12.8. The molecule has 1 aromatic rings. The van der Waals surface area contributed by atoms with Crippen LogP contribution in [-0.2, 0) is 11.2 Å². The summed E-state index contributed by atoms with van der Waals surface area (Å²) in [5.74, 6) is 0.835. The van der Waals surface area contributed by atoms with E-state index in [2.05, 4.69) is 29.2 Å². The van der Waals surface area contributed by atoms with Gasteiger partial charge in [0.05, 0.1) is 6.54 Å². The molecule has 3 rings (SSSR count). The maximum atomic E-state index is 12.4. The summed E-state index contributed by atoms with van der Waals surface area (Å²) in [5, 5.41) is 0. The van der Waals surface area contributed by atoms with Crippen LogP contribution in [0.5, 0.6) is 0 Å². The average molecular weight is 286 g/mol. The highest BCUT2D eigenvalue weighted by Crippen LogP contribution is 2.33. The van der Waals surface area contributed by atoms with Gasteiger partial charge in [0.2, 0.25) is 0 Å². The van der Waals surface area contributed by atoms with Gasteiger partial charge in [-0.05, 0) is 49.1 Å². The van der Waals surface area contributed by atoms with E-state index in [0.717, 1.165) is 32.4 Å². The molecule has 1 aliphatic carbocycles. The predicted molar refractivity (Wildman–Crippen MR) is 85.4 cm³/mol. The van der Waals surface area contributed by atoms with E-state index in [9.17, 15) is 4.79 Å². The molecule has 1 aliphatic heterocycles. The van der Waals surface area contributed by atoms with Crippen molar-refractivity contribution in [3.63, 3.8) is 0 Å². The number of likely N-dealkylation sites (tertiary alicyclic amines) is 1. The fourth-order valence-electron chi connectivity index (χ4n) is 3.77. The molecule has 0 bridgehead atoms.